The highest BCUT2D eigenvalue weighted by atomic mass is 35.7. The summed E-state index contributed by atoms with van der Waals surface area (Å²) in [6, 6.07) is 12.4. The second-order valence-electron chi connectivity index (χ2n) is 4.12. The zero-order valence-corrected chi connectivity index (χ0v) is 12.6. The lowest BCUT2D eigenvalue weighted by atomic mass is 10.2. The van der Waals surface area contributed by atoms with Gasteiger partial charge in [-0.15, -0.1) is 0 Å². The molecule has 0 saturated carbocycles. The maximum Gasteiger partial charge on any atom is 0.261 e. The first-order valence-corrected chi connectivity index (χ1v) is 8.22. The van der Waals surface area contributed by atoms with Gasteiger partial charge in [0.1, 0.15) is 5.75 Å². The van der Waals surface area contributed by atoms with Crippen LogP contribution >= 0.6 is 10.7 Å². The Morgan fingerprint density at radius 2 is 1.86 bits per heavy atom. The number of nitrogens with one attached hydrogen (secondary N) is 1. The molecule has 0 spiro atoms. The molecule has 0 radical (unpaired) electrons. The fourth-order valence-corrected chi connectivity index (χ4v) is 2.53. The van der Waals surface area contributed by atoms with Crippen molar-refractivity contribution in [2.75, 3.05) is 12.4 Å². The van der Waals surface area contributed by atoms with E-state index >= 15 is 0 Å². The number of carbonyl (C=O) groups excluding carboxylic acids is 1. The van der Waals surface area contributed by atoms with Gasteiger partial charge in [0.25, 0.3) is 15.0 Å². The summed E-state index contributed by atoms with van der Waals surface area (Å²) < 4.78 is 27.7. The molecule has 2 aromatic carbocycles. The third kappa shape index (κ3) is 3.74. The van der Waals surface area contributed by atoms with Gasteiger partial charge in [0.2, 0.25) is 0 Å². The number of amides is 1. The summed E-state index contributed by atoms with van der Waals surface area (Å²) in [4.78, 5) is 12.0. The van der Waals surface area contributed by atoms with Crippen LogP contribution in [0.3, 0.4) is 0 Å². The highest BCUT2D eigenvalue weighted by molar-refractivity contribution is 8.13. The number of halogens is 1. The Bertz CT molecular complexity index is 774. The Morgan fingerprint density at radius 3 is 2.52 bits per heavy atom. The van der Waals surface area contributed by atoms with E-state index < -0.39 is 15.0 Å². The first-order chi connectivity index (χ1) is 9.91. The normalized spacial score (nSPS) is 11.0. The largest absolute Gasteiger partial charge is 0.495 e. The summed E-state index contributed by atoms with van der Waals surface area (Å²) in [6.45, 7) is 0. The summed E-state index contributed by atoms with van der Waals surface area (Å²) in [6.07, 6.45) is 0. The molecule has 0 saturated heterocycles. The number of rotatable bonds is 4. The van der Waals surface area contributed by atoms with E-state index in [4.69, 9.17) is 15.4 Å². The van der Waals surface area contributed by atoms with Gasteiger partial charge in [-0.2, -0.15) is 0 Å². The molecule has 0 fully saturated rings. The molecule has 0 aliphatic rings. The molecule has 1 amide bonds. The number of hydrogen-bond donors (Lipinski definition) is 1. The lowest BCUT2D eigenvalue weighted by Gasteiger charge is -2.10. The molecule has 1 N–H and O–H groups in total. The molecule has 0 heterocycles. The molecule has 0 aliphatic carbocycles. The first kappa shape index (κ1) is 15.3. The van der Waals surface area contributed by atoms with Crippen molar-refractivity contribution in [1.82, 2.24) is 0 Å². The fourth-order valence-electron chi connectivity index (χ4n) is 1.73. The number of hydrogen-bond acceptors (Lipinski definition) is 4. The fraction of sp³-hybridized carbons (Fsp3) is 0.0714. The van der Waals surface area contributed by atoms with Gasteiger partial charge in [0.05, 0.1) is 17.7 Å². The van der Waals surface area contributed by atoms with Crippen LogP contribution < -0.4 is 10.1 Å². The summed E-state index contributed by atoms with van der Waals surface area (Å²) in [5.41, 5.74) is 0.673. The number of carbonyl (C=O) groups is 1. The second kappa shape index (κ2) is 6.15. The van der Waals surface area contributed by atoms with Crippen molar-refractivity contribution in [3.63, 3.8) is 0 Å². The van der Waals surface area contributed by atoms with E-state index in [0.29, 0.717) is 11.4 Å². The summed E-state index contributed by atoms with van der Waals surface area (Å²) in [5, 5.41) is 2.65. The third-order valence-corrected chi connectivity index (χ3v) is 4.08. The molecule has 2 rings (SSSR count). The number of methoxy groups -OCH3 is 1. The van der Waals surface area contributed by atoms with Crippen molar-refractivity contribution in [2.45, 2.75) is 4.90 Å². The third-order valence-electron chi connectivity index (χ3n) is 2.73. The monoisotopic (exact) mass is 325 g/mol. The van der Waals surface area contributed by atoms with Crippen LogP contribution in [0.5, 0.6) is 5.75 Å². The molecule has 0 atom stereocenters. The van der Waals surface area contributed by atoms with Gasteiger partial charge in [-0.3, -0.25) is 4.79 Å². The molecule has 5 nitrogen and oxygen atoms in total. The van der Waals surface area contributed by atoms with Crippen LogP contribution in [0.25, 0.3) is 0 Å². The summed E-state index contributed by atoms with van der Waals surface area (Å²) >= 11 is 0. The van der Waals surface area contributed by atoms with Crippen molar-refractivity contribution >= 4 is 31.3 Å². The average molecular weight is 326 g/mol. The lowest BCUT2D eigenvalue weighted by molar-refractivity contribution is 0.102. The number of ether oxygens (including phenoxy) is 1. The van der Waals surface area contributed by atoms with E-state index in [2.05, 4.69) is 5.32 Å². The minimum Gasteiger partial charge on any atom is -0.495 e. The lowest BCUT2D eigenvalue weighted by Crippen LogP contribution is -2.13. The van der Waals surface area contributed by atoms with Crippen molar-refractivity contribution in [3.05, 3.63) is 54.1 Å². The maximum atomic E-state index is 12.2. The van der Waals surface area contributed by atoms with Crippen LogP contribution in [0.4, 0.5) is 5.69 Å². The van der Waals surface area contributed by atoms with Gasteiger partial charge in [-0.1, -0.05) is 18.2 Å². The molecule has 0 aliphatic heterocycles. The highest BCUT2D eigenvalue weighted by Gasteiger charge is 2.14. The van der Waals surface area contributed by atoms with E-state index in [1.54, 1.807) is 24.3 Å². The van der Waals surface area contributed by atoms with Crippen molar-refractivity contribution < 1.29 is 17.9 Å². The van der Waals surface area contributed by atoms with Gasteiger partial charge in [-0.05, 0) is 30.3 Å². The highest BCUT2D eigenvalue weighted by Crippen LogP contribution is 2.24. The number of benzene rings is 2. The second-order valence-corrected chi connectivity index (χ2v) is 6.69. The zero-order chi connectivity index (χ0) is 15.5. The number of para-hydroxylation sites is 2. The molecule has 2 aromatic rings. The molecule has 110 valence electrons. The topological polar surface area (TPSA) is 72.5 Å². The number of anilines is 1. The van der Waals surface area contributed by atoms with Crippen LogP contribution in [0, 0.1) is 0 Å². The Balaban J connectivity index is 2.29. The van der Waals surface area contributed by atoms with Gasteiger partial charge in [0, 0.05) is 16.2 Å². The van der Waals surface area contributed by atoms with E-state index in [9.17, 15) is 13.2 Å². The predicted octanol–water partition coefficient (Wildman–Crippen LogP) is 2.88. The summed E-state index contributed by atoms with van der Waals surface area (Å²) in [7, 11) is 2.88. The minimum absolute atomic E-state index is 0.128. The van der Waals surface area contributed by atoms with Crippen molar-refractivity contribution in [1.29, 1.82) is 0 Å². The first-order valence-electron chi connectivity index (χ1n) is 5.91. The average Bonchev–Trinajstić information content (AvgIpc) is 2.47. The predicted molar refractivity (Wildman–Crippen MR) is 80.4 cm³/mol. The minimum atomic E-state index is -3.88. The van der Waals surface area contributed by atoms with Gasteiger partial charge in [0.15, 0.2) is 0 Å². The molecular formula is C14H12ClNO4S. The van der Waals surface area contributed by atoms with Crippen LogP contribution in [-0.4, -0.2) is 21.4 Å². The quantitative estimate of drug-likeness (QED) is 0.877. The standard InChI is InChI=1S/C14H12ClNO4S/c1-20-13-8-3-2-7-12(13)16-14(17)10-5-4-6-11(9-10)21(15,18)19/h2-9H,1H3,(H,16,17). The van der Waals surface area contributed by atoms with Gasteiger partial charge >= 0.3 is 0 Å². The van der Waals surface area contributed by atoms with Crippen LogP contribution in [-0.2, 0) is 9.05 Å². The molecule has 0 unspecified atom stereocenters. The smallest absolute Gasteiger partial charge is 0.261 e. The molecular weight excluding hydrogens is 314 g/mol. The maximum absolute atomic E-state index is 12.2. The summed E-state index contributed by atoms with van der Waals surface area (Å²) in [5.74, 6) is 0.0497. The van der Waals surface area contributed by atoms with Gasteiger partial charge in [-0.25, -0.2) is 8.42 Å². The van der Waals surface area contributed by atoms with Crippen LogP contribution in [0.2, 0.25) is 0 Å². The molecule has 21 heavy (non-hydrogen) atoms. The Hall–Kier alpha value is -2.05. The van der Waals surface area contributed by atoms with E-state index in [-0.39, 0.29) is 10.5 Å². The Labute approximate surface area is 126 Å². The Kier molecular flexibility index (Phi) is 4.50. The Morgan fingerprint density at radius 1 is 1.14 bits per heavy atom. The van der Waals surface area contributed by atoms with E-state index in [0.717, 1.165) is 0 Å². The van der Waals surface area contributed by atoms with E-state index in [1.807, 2.05) is 0 Å². The van der Waals surface area contributed by atoms with Gasteiger partial charge < -0.3 is 10.1 Å². The SMILES string of the molecule is COc1ccccc1NC(=O)c1cccc(S(=O)(=O)Cl)c1. The zero-order valence-electron chi connectivity index (χ0n) is 11.0. The molecule has 7 heteroatoms. The van der Waals surface area contributed by atoms with Crippen molar-refractivity contribution in [2.24, 2.45) is 0 Å². The molecule has 0 bridgehead atoms. The van der Waals surface area contributed by atoms with Crippen LogP contribution in [0.15, 0.2) is 53.4 Å². The van der Waals surface area contributed by atoms with Crippen LogP contribution in [0.1, 0.15) is 10.4 Å². The van der Waals surface area contributed by atoms with Crippen molar-refractivity contribution in [3.8, 4) is 5.75 Å². The van der Waals surface area contributed by atoms with E-state index in [1.165, 1.54) is 31.4 Å². The molecule has 0 aromatic heterocycles.